The van der Waals surface area contributed by atoms with E-state index in [2.05, 4.69) is 5.32 Å². The van der Waals surface area contributed by atoms with Crippen LogP contribution in [0.15, 0.2) is 11.4 Å². The lowest BCUT2D eigenvalue weighted by Crippen LogP contribution is -2.33. The van der Waals surface area contributed by atoms with Crippen molar-refractivity contribution in [3.05, 3.63) is 21.9 Å². The monoisotopic (exact) mass is 253 g/mol. The summed E-state index contributed by atoms with van der Waals surface area (Å²) in [4.78, 5) is 23.4. The van der Waals surface area contributed by atoms with E-state index in [-0.39, 0.29) is 17.9 Å². The Bertz CT molecular complexity index is 441. The highest BCUT2D eigenvalue weighted by atomic mass is 32.1. The summed E-state index contributed by atoms with van der Waals surface area (Å²) >= 11 is 1.42. The fraction of sp³-hybridized carbons (Fsp3) is 0.500. The van der Waals surface area contributed by atoms with Gasteiger partial charge >= 0.3 is 5.97 Å². The molecule has 1 aromatic heterocycles. The Hall–Kier alpha value is -1.36. The van der Waals surface area contributed by atoms with Gasteiger partial charge in [-0.15, -0.1) is 11.3 Å². The molecule has 0 aromatic carbocycles. The number of hydrogen-bond acceptors (Lipinski definition) is 3. The lowest BCUT2D eigenvalue weighted by Gasteiger charge is -2.11. The van der Waals surface area contributed by atoms with Crippen LogP contribution in [0.3, 0.4) is 0 Å². The Morgan fingerprint density at radius 2 is 2.24 bits per heavy atom. The summed E-state index contributed by atoms with van der Waals surface area (Å²) in [5.74, 6) is -1.13. The molecule has 2 unspecified atom stereocenters. The molecule has 0 radical (unpaired) electrons. The lowest BCUT2D eigenvalue weighted by atomic mass is 10.1. The van der Waals surface area contributed by atoms with Crippen LogP contribution >= 0.6 is 11.3 Å². The average Bonchev–Trinajstić information content (AvgIpc) is 2.86. The Morgan fingerprint density at radius 3 is 2.76 bits per heavy atom. The van der Waals surface area contributed by atoms with Crippen LogP contribution in [-0.4, -0.2) is 23.0 Å². The quantitative estimate of drug-likeness (QED) is 0.866. The van der Waals surface area contributed by atoms with E-state index >= 15 is 0 Å². The van der Waals surface area contributed by atoms with Gasteiger partial charge in [-0.3, -0.25) is 9.59 Å². The van der Waals surface area contributed by atoms with Crippen LogP contribution in [0.4, 0.5) is 0 Å². The highest BCUT2D eigenvalue weighted by molar-refractivity contribution is 7.12. The predicted molar refractivity (Wildman–Crippen MR) is 65.3 cm³/mol. The SMILES string of the molecule is Cc1ccsc1C(=O)NC1CCC(C(=O)O)C1. The summed E-state index contributed by atoms with van der Waals surface area (Å²) < 4.78 is 0. The molecule has 5 heteroatoms. The largest absolute Gasteiger partial charge is 0.481 e. The summed E-state index contributed by atoms with van der Waals surface area (Å²) in [5, 5.41) is 13.7. The molecular formula is C12H15NO3S. The number of rotatable bonds is 3. The number of aliphatic carboxylic acids is 1. The molecular weight excluding hydrogens is 238 g/mol. The Morgan fingerprint density at radius 1 is 1.47 bits per heavy atom. The molecule has 1 saturated carbocycles. The number of carboxylic acid groups (broad SMARTS) is 1. The van der Waals surface area contributed by atoms with Gasteiger partial charge in [0.15, 0.2) is 0 Å². The van der Waals surface area contributed by atoms with E-state index < -0.39 is 5.97 Å². The first kappa shape index (κ1) is 12.1. The fourth-order valence-corrected chi connectivity index (χ4v) is 3.02. The van der Waals surface area contributed by atoms with E-state index in [4.69, 9.17) is 5.11 Å². The van der Waals surface area contributed by atoms with Crippen molar-refractivity contribution in [2.24, 2.45) is 5.92 Å². The normalized spacial score (nSPS) is 23.6. The van der Waals surface area contributed by atoms with Crippen LogP contribution in [0.25, 0.3) is 0 Å². The summed E-state index contributed by atoms with van der Waals surface area (Å²) in [6.45, 7) is 1.90. The third-order valence-corrected chi connectivity index (χ3v) is 4.20. The van der Waals surface area contributed by atoms with E-state index in [1.165, 1.54) is 11.3 Å². The predicted octanol–water partition coefficient (Wildman–Crippen LogP) is 2.04. The Kier molecular flexibility index (Phi) is 3.47. The van der Waals surface area contributed by atoms with Crippen LogP contribution in [-0.2, 0) is 4.79 Å². The van der Waals surface area contributed by atoms with Gasteiger partial charge in [-0.2, -0.15) is 0 Å². The van der Waals surface area contributed by atoms with Crippen molar-refractivity contribution in [2.45, 2.75) is 32.2 Å². The van der Waals surface area contributed by atoms with Crippen molar-refractivity contribution in [3.8, 4) is 0 Å². The second kappa shape index (κ2) is 4.87. The zero-order valence-electron chi connectivity index (χ0n) is 9.60. The van der Waals surface area contributed by atoms with Gasteiger partial charge in [0.05, 0.1) is 10.8 Å². The molecule has 1 aliphatic rings. The van der Waals surface area contributed by atoms with Gasteiger partial charge < -0.3 is 10.4 Å². The van der Waals surface area contributed by atoms with Crippen LogP contribution in [0.5, 0.6) is 0 Å². The maximum atomic E-state index is 11.9. The lowest BCUT2D eigenvalue weighted by molar-refractivity contribution is -0.141. The summed E-state index contributed by atoms with van der Waals surface area (Å²) in [7, 11) is 0. The second-order valence-electron chi connectivity index (χ2n) is 4.45. The van der Waals surface area contributed by atoms with Crippen molar-refractivity contribution in [1.29, 1.82) is 0 Å². The molecule has 0 aliphatic heterocycles. The van der Waals surface area contributed by atoms with Crippen molar-refractivity contribution in [2.75, 3.05) is 0 Å². The third kappa shape index (κ3) is 2.66. The zero-order chi connectivity index (χ0) is 12.4. The molecule has 1 amide bonds. The van der Waals surface area contributed by atoms with Crippen LogP contribution in [0.1, 0.15) is 34.5 Å². The van der Waals surface area contributed by atoms with Gasteiger partial charge in [-0.25, -0.2) is 0 Å². The molecule has 1 aliphatic carbocycles. The molecule has 2 atom stereocenters. The van der Waals surface area contributed by atoms with E-state index in [1.54, 1.807) is 0 Å². The molecule has 4 nitrogen and oxygen atoms in total. The summed E-state index contributed by atoms with van der Waals surface area (Å²) in [6.07, 6.45) is 1.96. The minimum Gasteiger partial charge on any atom is -0.481 e. The fourth-order valence-electron chi connectivity index (χ4n) is 2.19. The van der Waals surface area contributed by atoms with Gasteiger partial charge in [0.25, 0.3) is 5.91 Å². The van der Waals surface area contributed by atoms with E-state index in [1.807, 2.05) is 18.4 Å². The number of aryl methyl sites for hydroxylation is 1. The van der Waals surface area contributed by atoms with Crippen molar-refractivity contribution in [1.82, 2.24) is 5.32 Å². The average molecular weight is 253 g/mol. The number of nitrogens with one attached hydrogen (secondary N) is 1. The second-order valence-corrected chi connectivity index (χ2v) is 5.37. The van der Waals surface area contributed by atoms with Crippen molar-refractivity contribution >= 4 is 23.2 Å². The number of carboxylic acids is 1. The van der Waals surface area contributed by atoms with E-state index in [0.29, 0.717) is 12.8 Å². The van der Waals surface area contributed by atoms with Crippen LogP contribution in [0, 0.1) is 12.8 Å². The maximum absolute atomic E-state index is 11.9. The summed E-state index contributed by atoms with van der Waals surface area (Å²) in [6, 6.07) is 1.92. The first-order chi connectivity index (χ1) is 8.08. The van der Waals surface area contributed by atoms with Crippen molar-refractivity contribution in [3.63, 3.8) is 0 Å². The molecule has 0 saturated heterocycles. The molecule has 0 spiro atoms. The van der Waals surface area contributed by atoms with E-state index in [0.717, 1.165) is 16.9 Å². The molecule has 2 rings (SSSR count). The van der Waals surface area contributed by atoms with Gasteiger partial charge in [0.1, 0.15) is 0 Å². The minimum absolute atomic E-state index is 0.00472. The van der Waals surface area contributed by atoms with Gasteiger partial charge in [0.2, 0.25) is 0 Å². The molecule has 1 aromatic rings. The molecule has 0 bridgehead atoms. The standard InChI is InChI=1S/C12H15NO3S/c1-7-4-5-17-10(7)11(14)13-9-3-2-8(6-9)12(15)16/h4-5,8-9H,2-3,6H2,1H3,(H,13,14)(H,15,16). The summed E-state index contributed by atoms with van der Waals surface area (Å²) in [5.41, 5.74) is 0.972. The zero-order valence-corrected chi connectivity index (χ0v) is 10.4. The highest BCUT2D eigenvalue weighted by Gasteiger charge is 2.30. The highest BCUT2D eigenvalue weighted by Crippen LogP contribution is 2.26. The maximum Gasteiger partial charge on any atom is 0.306 e. The Balaban J connectivity index is 1.93. The number of thiophene rings is 1. The third-order valence-electron chi connectivity index (χ3n) is 3.19. The number of hydrogen-bond donors (Lipinski definition) is 2. The molecule has 1 fully saturated rings. The smallest absolute Gasteiger partial charge is 0.306 e. The molecule has 17 heavy (non-hydrogen) atoms. The first-order valence-corrected chi connectivity index (χ1v) is 6.53. The van der Waals surface area contributed by atoms with Gasteiger partial charge in [-0.05, 0) is 43.2 Å². The van der Waals surface area contributed by atoms with Gasteiger partial charge in [-0.1, -0.05) is 0 Å². The number of carbonyl (C=O) groups is 2. The number of amides is 1. The number of carbonyl (C=O) groups excluding carboxylic acids is 1. The first-order valence-electron chi connectivity index (χ1n) is 5.65. The molecule has 92 valence electrons. The molecule has 2 N–H and O–H groups in total. The minimum atomic E-state index is -0.756. The topological polar surface area (TPSA) is 66.4 Å². The van der Waals surface area contributed by atoms with Crippen LogP contribution in [0.2, 0.25) is 0 Å². The van der Waals surface area contributed by atoms with Crippen molar-refractivity contribution < 1.29 is 14.7 Å². The van der Waals surface area contributed by atoms with E-state index in [9.17, 15) is 9.59 Å². The molecule has 1 heterocycles. The Labute approximate surface area is 104 Å². The van der Waals surface area contributed by atoms with Gasteiger partial charge in [0, 0.05) is 6.04 Å². The van der Waals surface area contributed by atoms with Crippen LogP contribution < -0.4 is 5.32 Å².